The molecule has 1 atom stereocenters. The molecule has 0 aromatic carbocycles. The molecule has 1 unspecified atom stereocenters. The van der Waals surface area contributed by atoms with Crippen molar-refractivity contribution >= 4 is 45.3 Å². The number of urea groups is 1. The average Bonchev–Trinajstić information content (AvgIpc) is 3.50. The van der Waals surface area contributed by atoms with Gasteiger partial charge in [0.05, 0.1) is 23.8 Å². The minimum absolute atomic E-state index is 0.00650. The predicted octanol–water partition coefficient (Wildman–Crippen LogP) is 3.37. The van der Waals surface area contributed by atoms with Gasteiger partial charge in [0.15, 0.2) is 5.16 Å². The lowest BCUT2D eigenvalue weighted by Crippen LogP contribution is -2.44. The van der Waals surface area contributed by atoms with Crippen molar-refractivity contribution in [2.45, 2.75) is 82.6 Å². The molecule has 2 N–H and O–H groups in total. The predicted molar refractivity (Wildman–Crippen MR) is 127 cm³/mol. The van der Waals surface area contributed by atoms with E-state index in [9.17, 15) is 14.4 Å². The van der Waals surface area contributed by atoms with Gasteiger partial charge in [0.25, 0.3) is 5.56 Å². The van der Waals surface area contributed by atoms with E-state index >= 15 is 0 Å². The fourth-order valence-corrected chi connectivity index (χ4v) is 6.47. The van der Waals surface area contributed by atoms with E-state index in [1.807, 2.05) is 13.8 Å². The van der Waals surface area contributed by atoms with Gasteiger partial charge in [0, 0.05) is 17.5 Å². The van der Waals surface area contributed by atoms with Crippen molar-refractivity contribution in [2.75, 3.05) is 12.4 Å². The monoisotopic (exact) mass is 478 g/mol. The summed E-state index contributed by atoms with van der Waals surface area (Å²) >= 11 is 2.70. The number of fused-ring (bicyclic) bond motifs is 1. The summed E-state index contributed by atoms with van der Waals surface area (Å²) in [5, 5.41) is 6.42. The lowest BCUT2D eigenvalue weighted by Gasteiger charge is -2.16. The summed E-state index contributed by atoms with van der Waals surface area (Å²) in [6.07, 6.45) is 6.74. The van der Waals surface area contributed by atoms with Crippen molar-refractivity contribution in [1.29, 1.82) is 0 Å². The number of carbonyl (C=O) groups excluding carboxylic acids is 2. The minimum atomic E-state index is -0.455. The minimum Gasteiger partial charge on any atom is -0.376 e. The Balaban J connectivity index is 1.51. The van der Waals surface area contributed by atoms with Gasteiger partial charge in [-0.3, -0.25) is 19.5 Å². The van der Waals surface area contributed by atoms with Crippen molar-refractivity contribution in [2.24, 2.45) is 0 Å². The van der Waals surface area contributed by atoms with E-state index in [-0.39, 0.29) is 23.5 Å². The lowest BCUT2D eigenvalue weighted by molar-refractivity contribution is -0.117. The van der Waals surface area contributed by atoms with Crippen LogP contribution in [0.25, 0.3) is 10.2 Å². The van der Waals surface area contributed by atoms with Gasteiger partial charge in [0.2, 0.25) is 5.91 Å². The number of carbonyl (C=O) groups is 2. The molecule has 32 heavy (non-hydrogen) atoms. The SMILES string of the molecule is CCc1c(C)sc2nc(SCC(=O)NC(=O)NC3CCCC3)n(CC3CCCO3)c(=O)c12. The largest absolute Gasteiger partial charge is 0.376 e. The number of rotatable bonds is 7. The molecule has 10 heteroatoms. The van der Waals surface area contributed by atoms with Gasteiger partial charge >= 0.3 is 6.03 Å². The first-order valence-corrected chi connectivity index (χ1v) is 13.1. The summed E-state index contributed by atoms with van der Waals surface area (Å²) in [6.45, 7) is 5.18. The molecule has 3 heterocycles. The smallest absolute Gasteiger partial charge is 0.321 e. The van der Waals surface area contributed by atoms with Crippen molar-refractivity contribution < 1.29 is 14.3 Å². The highest BCUT2D eigenvalue weighted by atomic mass is 32.2. The van der Waals surface area contributed by atoms with Gasteiger partial charge in [0.1, 0.15) is 4.83 Å². The van der Waals surface area contributed by atoms with Crippen LogP contribution in [-0.2, 0) is 22.5 Å². The standard InChI is InChI=1S/C22H30N4O4S2/c1-3-16-13(2)32-19-18(16)20(28)26(11-15-9-6-10-30-15)22(25-19)31-12-17(27)24-21(29)23-14-7-4-5-8-14/h14-15H,3-12H2,1-2H3,(H2,23,24,27,29). The molecule has 0 radical (unpaired) electrons. The quantitative estimate of drug-likeness (QED) is 0.467. The second kappa shape index (κ2) is 10.4. The number of aryl methyl sites for hydroxylation is 2. The summed E-state index contributed by atoms with van der Waals surface area (Å²) in [7, 11) is 0. The van der Waals surface area contributed by atoms with Crippen LogP contribution in [0.15, 0.2) is 9.95 Å². The van der Waals surface area contributed by atoms with E-state index in [0.29, 0.717) is 28.5 Å². The topological polar surface area (TPSA) is 102 Å². The molecule has 0 bridgehead atoms. The van der Waals surface area contributed by atoms with Crippen molar-refractivity contribution in [3.8, 4) is 0 Å². The van der Waals surface area contributed by atoms with Gasteiger partial charge in [-0.1, -0.05) is 31.5 Å². The summed E-state index contributed by atoms with van der Waals surface area (Å²) in [4.78, 5) is 44.5. The highest BCUT2D eigenvalue weighted by molar-refractivity contribution is 7.99. The molecule has 2 fully saturated rings. The van der Waals surface area contributed by atoms with Crippen LogP contribution in [0.2, 0.25) is 0 Å². The first kappa shape index (κ1) is 23.3. The van der Waals surface area contributed by atoms with Gasteiger partial charge in [-0.2, -0.15) is 0 Å². The molecule has 1 saturated heterocycles. The van der Waals surface area contributed by atoms with E-state index in [4.69, 9.17) is 9.72 Å². The third-order valence-electron chi connectivity index (χ3n) is 6.12. The maximum atomic E-state index is 13.4. The van der Waals surface area contributed by atoms with E-state index in [1.165, 1.54) is 23.1 Å². The Morgan fingerprint density at radius 2 is 2.03 bits per heavy atom. The highest BCUT2D eigenvalue weighted by Crippen LogP contribution is 2.30. The zero-order valence-corrected chi connectivity index (χ0v) is 20.2. The molecule has 8 nitrogen and oxygen atoms in total. The summed E-state index contributed by atoms with van der Waals surface area (Å²) in [6, 6.07) is -0.310. The molecular formula is C22H30N4O4S2. The molecule has 3 amide bonds. The first-order chi connectivity index (χ1) is 15.5. The maximum Gasteiger partial charge on any atom is 0.321 e. The van der Waals surface area contributed by atoms with E-state index < -0.39 is 11.9 Å². The van der Waals surface area contributed by atoms with Crippen molar-refractivity contribution in [1.82, 2.24) is 20.2 Å². The number of ether oxygens (including phenoxy) is 1. The summed E-state index contributed by atoms with van der Waals surface area (Å²) in [5.41, 5.74) is 0.968. The fourth-order valence-electron chi connectivity index (χ4n) is 4.50. The number of imide groups is 1. The van der Waals surface area contributed by atoms with Crippen LogP contribution in [0, 0.1) is 6.92 Å². The number of hydrogen-bond donors (Lipinski definition) is 2. The molecule has 2 aromatic heterocycles. The number of nitrogens with one attached hydrogen (secondary N) is 2. The molecule has 4 rings (SSSR count). The Kier molecular flexibility index (Phi) is 7.52. The van der Waals surface area contributed by atoms with Gasteiger partial charge in [-0.05, 0) is 44.6 Å². The maximum absolute atomic E-state index is 13.4. The van der Waals surface area contributed by atoms with Crippen LogP contribution in [0.5, 0.6) is 0 Å². The Hall–Kier alpha value is -1.91. The van der Waals surface area contributed by atoms with E-state index in [0.717, 1.165) is 55.4 Å². The third-order valence-corrected chi connectivity index (χ3v) is 8.13. The van der Waals surface area contributed by atoms with Crippen LogP contribution in [0.3, 0.4) is 0 Å². The molecule has 2 aliphatic rings. The number of aromatic nitrogens is 2. The second-order valence-electron chi connectivity index (χ2n) is 8.41. The average molecular weight is 479 g/mol. The molecule has 1 aliphatic heterocycles. The molecule has 174 valence electrons. The highest BCUT2D eigenvalue weighted by Gasteiger charge is 2.24. The molecule has 1 saturated carbocycles. The molecular weight excluding hydrogens is 448 g/mol. The van der Waals surface area contributed by atoms with E-state index in [1.54, 1.807) is 4.57 Å². The summed E-state index contributed by atoms with van der Waals surface area (Å²) in [5.74, 6) is -0.396. The molecule has 0 spiro atoms. The Labute approximate surface area is 195 Å². The summed E-state index contributed by atoms with van der Waals surface area (Å²) < 4.78 is 7.41. The van der Waals surface area contributed by atoms with Crippen LogP contribution in [0.1, 0.15) is 55.9 Å². The zero-order chi connectivity index (χ0) is 22.7. The van der Waals surface area contributed by atoms with Crippen molar-refractivity contribution in [3.05, 3.63) is 20.8 Å². The lowest BCUT2D eigenvalue weighted by atomic mass is 10.1. The number of nitrogens with zero attached hydrogens (tertiary/aromatic N) is 2. The van der Waals surface area contributed by atoms with Gasteiger partial charge < -0.3 is 10.1 Å². The second-order valence-corrected chi connectivity index (χ2v) is 10.6. The van der Waals surface area contributed by atoms with Gasteiger partial charge in [-0.25, -0.2) is 9.78 Å². The van der Waals surface area contributed by atoms with Crippen molar-refractivity contribution in [3.63, 3.8) is 0 Å². The third kappa shape index (κ3) is 5.18. The van der Waals surface area contributed by atoms with Crippen LogP contribution in [-0.4, -0.2) is 46.0 Å². The van der Waals surface area contributed by atoms with E-state index in [2.05, 4.69) is 10.6 Å². The Morgan fingerprint density at radius 3 is 2.72 bits per heavy atom. The molecule has 1 aliphatic carbocycles. The van der Waals surface area contributed by atoms with Crippen LogP contribution in [0.4, 0.5) is 4.79 Å². The van der Waals surface area contributed by atoms with Crippen LogP contribution >= 0.6 is 23.1 Å². The number of thiophene rings is 1. The van der Waals surface area contributed by atoms with Crippen LogP contribution < -0.4 is 16.2 Å². The normalized spacial score (nSPS) is 19.0. The fraction of sp³-hybridized carbons (Fsp3) is 0.636. The zero-order valence-electron chi connectivity index (χ0n) is 18.6. The number of amides is 3. The number of thioether (sulfide) groups is 1. The Bertz CT molecular complexity index is 1050. The van der Waals surface area contributed by atoms with Gasteiger partial charge in [-0.15, -0.1) is 11.3 Å². The first-order valence-electron chi connectivity index (χ1n) is 11.3. The molecule has 2 aromatic rings. The number of hydrogen-bond acceptors (Lipinski definition) is 7. The Morgan fingerprint density at radius 1 is 1.25 bits per heavy atom.